The highest BCUT2D eigenvalue weighted by Gasteiger charge is 2.06. The predicted molar refractivity (Wildman–Crippen MR) is 112 cm³/mol. The third kappa shape index (κ3) is 7.43. The largest absolute Gasteiger partial charge is 0.357 e. The van der Waals surface area contributed by atoms with Crippen molar-refractivity contribution in [3.63, 3.8) is 0 Å². The first-order valence-corrected chi connectivity index (χ1v) is 11.1. The molecule has 0 spiro atoms. The highest BCUT2D eigenvalue weighted by Crippen LogP contribution is 2.10. The van der Waals surface area contributed by atoms with Gasteiger partial charge in [-0.3, -0.25) is 4.99 Å². The van der Waals surface area contributed by atoms with E-state index in [1.807, 2.05) is 19.1 Å². The smallest absolute Gasteiger partial charge is 0.191 e. The van der Waals surface area contributed by atoms with Crippen LogP contribution in [0.5, 0.6) is 0 Å². The van der Waals surface area contributed by atoms with Gasteiger partial charge in [0, 0.05) is 25.9 Å². The van der Waals surface area contributed by atoms with E-state index in [9.17, 15) is 8.42 Å². The number of guanidine groups is 1. The number of hydrogen-bond donors (Lipinski definition) is 2. The Labute approximate surface area is 162 Å². The number of nitrogens with one attached hydrogen (secondary N) is 2. The van der Waals surface area contributed by atoms with Crippen molar-refractivity contribution in [1.82, 2.24) is 10.6 Å². The lowest BCUT2D eigenvalue weighted by Gasteiger charge is -2.11. The number of hydrogen-bond acceptors (Lipinski definition) is 3. The lowest BCUT2D eigenvalue weighted by molar-refractivity contribution is 0.602. The van der Waals surface area contributed by atoms with Gasteiger partial charge in [-0.05, 0) is 49.9 Å². The Morgan fingerprint density at radius 1 is 1.00 bits per heavy atom. The molecule has 0 radical (unpaired) electrons. The van der Waals surface area contributed by atoms with Gasteiger partial charge in [0.05, 0.1) is 4.90 Å². The SMILES string of the molecule is CCNC(=NCCc1ccc(S(C)(=O)=O)cc1)NCCc1cccc(C)c1. The van der Waals surface area contributed by atoms with Crippen LogP contribution >= 0.6 is 0 Å². The second kappa shape index (κ2) is 10.1. The summed E-state index contributed by atoms with van der Waals surface area (Å²) in [6.45, 7) is 6.41. The minimum Gasteiger partial charge on any atom is -0.357 e. The molecule has 0 fully saturated rings. The van der Waals surface area contributed by atoms with Crippen LogP contribution in [0.2, 0.25) is 0 Å². The maximum atomic E-state index is 11.5. The first-order valence-electron chi connectivity index (χ1n) is 9.25. The quantitative estimate of drug-likeness (QED) is 0.540. The molecule has 5 nitrogen and oxygen atoms in total. The fraction of sp³-hybridized carbons (Fsp3) is 0.381. The Morgan fingerprint density at radius 2 is 1.74 bits per heavy atom. The van der Waals surface area contributed by atoms with Crippen molar-refractivity contribution >= 4 is 15.8 Å². The van der Waals surface area contributed by atoms with Crippen molar-refractivity contribution in [3.8, 4) is 0 Å². The van der Waals surface area contributed by atoms with Gasteiger partial charge in [0.25, 0.3) is 0 Å². The summed E-state index contributed by atoms with van der Waals surface area (Å²) in [6.07, 6.45) is 2.93. The van der Waals surface area contributed by atoms with E-state index in [2.05, 4.69) is 46.8 Å². The van der Waals surface area contributed by atoms with Crippen molar-refractivity contribution in [1.29, 1.82) is 0 Å². The van der Waals surface area contributed by atoms with E-state index in [-0.39, 0.29) is 0 Å². The zero-order valence-corrected chi connectivity index (χ0v) is 17.1. The fourth-order valence-corrected chi connectivity index (χ4v) is 3.37. The van der Waals surface area contributed by atoms with E-state index in [0.29, 0.717) is 11.4 Å². The second-order valence-electron chi connectivity index (χ2n) is 6.59. The first-order chi connectivity index (χ1) is 12.9. The van der Waals surface area contributed by atoms with Crippen LogP contribution < -0.4 is 10.6 Å². The Kier molecular flexibility index (Phi) is 7.85. The molecular weight excluding hydrogens is 358 g/mol. The third-order valence-electron chi connectivity index (χ3n) is 4.15. The fourth-order valence-electron chi connectivity index (χ4n) is 2.73. The summed E-state index contributed by atoms with van der Waals surface area (Å²) in [6, 6.07) is 15.5. The number of benzene rings is 2. The van der Waals surface area contributed by atoms with Crippen LogP contribution in [0.3, 0.4) is 0 Å². The maximum absolute atomic E-state index is 11.5. The van der Waals surface area contributed by atoms with E-state index in [0.717, 1.165) is 37.5 Å². The molecule has 27 heavy (non-hydrogen) atoms. The minimum absolute atomic E-state index is 0.348. The number of nitrogens with zero attached hydrogens (tertiary/aromatic N) is 1. The summed E-state index contributed by atoms with van der Waals surface area (Å²) in [5.74, 6) is 0.804. The molecule has 2 aromatic rings. The van der Waals surface area contributed by atoms with Crippen molar-refractivity contribution in [3.05, 3.63) is 65.2 Å². The van der Waals surface area contributed by atoms with Gasteiger partial charge in [-0.1, -0.05) is 42.0 Å². The average molecular weight is 388 g/mol. The molecule has 0 saturated heterocycles. The van der Waals surface area contributed by atoms with Crippen LogP contribution in [0.25, 0.3) is 0 Å². The monoisotopic (exact) mass is 387 g/mol. The van der Waals surface area contributed by atoms with Gasteiger partial charge in [-0.2, -0.15) is 0 Å². The van der Waals surface area contributed by atoms with E-state index in [1.54, 1.807) is 12.1 Å². The molecule has 0 aromatic heterocycles. The molecule has 0 amide bonds. The van der Waals surface area contributed by atoms with E-state index < -0.39 is 9.84 Å². The van der Waals surface area contributed by atoms with E-state index in [1.165, 1.54) is 17.4 Å². The highest BCUT2D eigenvalue weighted by atomic mass is 32.2. The molecule has 6 heteroatoms. The van der Waals surface area contributed by atoms with Crippen LogP contribution in [0.4, 0.5) is 0 Å². The van der Waals surface area contributed by atoms with Gasteiger partial charge >= 0.3 is 0 Å². The van der Waals surface area contributed by atoms with Crippen LogP contribution in [0, 0.1) is 6.92 Å². The first kappa shape index (κ1) is 21.0. The topological polar surface area (TPSA) is 70.6 Å². The molecular formula is C21H29N3O2S. The lowest BCUT2D eigenvalue weighted by Crippen LogP contribution is -2.38. The van der Waals surface area contributed by atoms with Gasteiger partial charge in [0.1, 0.15) is 0 Å². The molecule has 2 rings (SSSR count). The Balaban J connectivity index is 1.85. The molecule has 0 unspecified atom stereocenters. The molecule has 0 saturated carbocycles. The second-order valence-corrected chi connectivity index (χ2v) is 8.61. The summed E-state index contributed by atoms with van der Waals surface area (Å²) in [7, 11) is -3.14. The molecule has 0 aliphatic heterocycles. The van der Waals surface area contributed by atoms with Gasteiger partial charge in [0.15, 0.2) is 15.8 Å². The van der Waals surface area contributed by atoms with Crippen LogP contribution in [0.1, 0.15) is 23.6 Å². The highest BCUT2D eigenvalue weighted by molar-refractivity contribution is 7.90. The van der Waals surface area contributed by atoms with Crippen LogP contribution in [-0.4, -0.2) is 40.3 Å². The van der Waals surface area contributed by atoms with Crippen molar-refractivity contribution in [2.24, 2.45) is 4.99 Å². The Hall–Kier alpha value is -2.34. The normalized spacial score (nSPS) is 12.0. The summed E-state index contributed by atoms with van der Waals surface area (Å²) in [4.78, 5) is 4.95. The van der Waals surface area contributed by atoms with Gasteiger partial charge in [-0.25, -0.2) is 8.42 Å². The van der Waals surface area contributed by atoms with Crippen LogP contribution in [-0.2, 0) is 22.7 Å². The number of aryl methyl sites for hydroxylation is 1. The Morgan fingerprint density at radius 3 is 2.37 bits per heavy atom. The molecule has 0 aliphatic rings. The molecule has 0 aliphatic carbocycles. The Bertz CT molecular complexity index is 859. The molecule has 0 bridgehead atoms. The van der Waals surface area contributed by atoms with Crippen molar-refractivity contribution in [2.75, 3.05) is 25.9 Å². The molecule has 0 atom stereocenters. The van der Waals surface area contributed by atoms with Gasteiger partial charge in [0.2, 0.25) is 0 Å². The van der Waals surface area contributed by atoms with Crippen molar-refractivity contribution < 1.29 is 8.42 Å². The zero-order valence-electron chi connectivity index (χ0n) is 16.3. The summed E-state index contributed by atoms with van der Waals surface area (Å²) >= 11 is 0. The summed E-state index contributed by atoms with van der Waals surface area (Å²) in [5, 5.41) is 6.62. The average Bonchev–Trinajstić information content (AvgIpc) is 2.61. The summed E-state index contributed by atoms with van der Waals surface area (Å²) in [5.41, 5.74) is 3.65. The minimum atomic E-state index is -3.14. The summed E-state index contributed by atoms with van der Waals surface area (Å²) < 4.78 is 23.0. The third-order valence-corrected chi connectivity index (χ3v) is 5.28. The number of sulfone groups is 1. The molecule has 146 valence electrons. The van der Waals surface area contributed by atoms with E-state index in [4.69, 9.17) is 0 Å². The molecule has 2 aromatic carbocycles. The molecule has 0 heterocycles. The predicted octanol–water partition coefficient (Wildman–Crippen LogP) is 2.74. The lowest BCUT2D eigenvalue weighted by atomic mass is 10.1. The van der Waals surface area contributed by atoms with Gasteiger partial charge < -0.3 is 10.6 Å². The maximum Gasteiger partial charge on any atom is 0.191 e. The van der Waals surface area contributed by atoms with Gasteiger partial charge in [-0.15, -0.1) is 0 Å². The molecule has 2 N–H and O–H groups in total. The van der Waals surface area contributed by atoms with Crippen molar-refractivity contribution in [2.45, 2.75) is 31.6 Å². The zero-order chi connectivity index (χ0) is 19.7. The standard InChI is InChI=1S/C21H29N3O2S/c1-4-22-21(24-15-13-19-7-5-6-17(2)16-19)23-14-12-18-8-10-20(11-9-18)27(3,25)26/h5-11,16H,4,12-15H2,1-3H3,(H2,22,23,24). The number of rotatable bonds is 8. The number of aliphatic imine (C=N–C) groups is 1. The van der Waals surface area contributed by atoms with E-state index >= 15 is 0 Å². The van der Waals surface area contributed by atoms with Crippen LogP contribution in [0.15, 0.2) is 58.4 Å².